The van der Waals surface area contributed by atoms with E-state index in [9.17, 15) is 8.42 Å². The summed E-state index contributed by atoms with van der Waals surface area (Å²) in [7, 11) is -1.95. The molecule has 0 atom stereocenters. The fraction of sp³-hybridized carbons (Fsp3) is 0.143. The van der Waals surface area contributed by atoms with E-state index in [1.54, 1.807) is 25.2 Å². The Bertz CT molecular complexity index is 714. The molecular formula is C14H17N3O2S. The van der Waals surface area contributed by atoms with Gasteiger partial charge in [-0.15, -0.1) is 0 Å². The maximum absolute atomic E-state index is 11.6. The van der Waals surface area contributed by atoms with Crippen molar-refractivity contribution >= 4 is 21.4 Å². The third kappa shape index (κ3) is 3.09. The molecule has 6 heteroatoms. The van der Waals surface area contributed by atoms with Crippen molar-refractivity contribution in [2.45, 2.75) is 11.4 Å². The molecule has 0 aliphatic heterocycles. The molecule has 0 aliphatic rings. The van der Waals surface area contributed by atoms with Crippen LogP contribution in [0, 0.1) is 0 Å². The number of para-hydroxylation sites is 2. The van der Waals surface area contributed by atoms with Crippen molar-refractivity contribution in [3.8, 4) is 0 Å². The first kappa shape index (κ1) is 14.4. The number of primary sulfonamides is 1. The van der Waals surface area contributed by atoms with Crippen LogP contribution >= 0.6 is 0 Å². The van der Waals surface area contributed by atoms with E-state index in [2.05, 4.69) is 0 Å². The van der Waals surface area contributed by atoms with Gasteiger partial charge in [-0.2, -0.15) is 0 Å². The molecule has 2 aromatic rings. The average Bonchev–Trinajstić information content (AvgIpc) is 2.40. The van der Waals surface area contributed by atoms with Gasteiger partial charge in [0.25, 0.3) is 0 Å². The third-order valence-electron chi connectivity index (χ3n) is 3.05. The summed E-state index contributed by atoms with van der Waals surface area (Å²) in [6.45, 7) is 0.499. The second kappa shape index (κ2) is 5.52. The first-order chi connectivity index (χ1) is 9.39. The van der Waals surface area contributed by atoms with Crippen LogP contribution in [0.4, 0.5) is 11.4 Å². The van der Waals surface area contributed by atoms with Gasteiger partial charge in [0.2, 0.25) is 10.0 Å². The van der Waals surface area contributed by atoms with Crippen molar-refractivity contribution in [3.63, 3.8) is 0 Å². The highest BCUT2D eigenvalue weighted by molar-refractivity contribution is 7.89. The number of hydrogen-bond acceptors (Lipinski definition) is 4. The van der Waals surface area contributed by atoms with Gasteiger partial charge in [-0.25, -0.2) is 13.6 Å². The lowest BCUT2D eigenvalue weighted by atomic mass is 10.1. The molecule has 0 aliphatic carbocycles. The highest BCUT2D eigenvalue weighted by Gasteiger charge is 2.16. The zero-order valence-electron chi connectivity index (χ0n) is 11.2. The van der Waals surface area contributed by atoms with Gasteiger partial charge in [0, 0.05) is 19.3 Å². The normalized spacial score (nSPS) is 11.3. The van der Waals surface area contributed by atoms with Crippen LogP contribution in [0.1, 0.15) is 5.56 Å². The summed E-state index contributed by atoms with van der Waals surface area (Å²) in [4.78, 5) is 1.92. The van der Waals surface area contributed by atoms with Crippen molar-refractivity contribution in [2.24, 2.45) is 5.14 Å². The summed E-state index contributed by atoms with van der Waals surface area (Å²) in [6.07, 6.45) is 0. The zero-order valence-corrected chi connectivity index (χ0v) is 12.0. The van der Waals surface area contributed by atoms with Gasteiger partial charge in [0.1, 0.15) is 4.90 Å². The quantitative estimate of drug-likeness (QED) is 0.836. The Labute approximate surface area is 118 Å². The van der Waals surface area contributed by atoms with Gasteiger partial charge >= 0.3 is 0 Å². The standard InChI is InChI=1S/C14H17N3O2S/c1-17(10-11-6-2-3-7-12(11)15)13-8-4-5-9-14(13)20(16,18)19/h2-9H,10,15H2,1H3,(H2,16,18,19). The molecule has 2 rings (SSSR count). The molecule has 0 spiro atoms. The van der Waals surface area contributed by atoms with Crippen molar-refractivity contribution in [1.29, 1.82) is 0 Å². The first-order valence-corrected chi connectivity index (χ1v) is 7.60. The van der Waals surface area contributed by atoms with Crippen LogP contribution in [-0.2, 0) is 16.6 Å². The lowest BCUT2D eigenvalue weighted by Crippen LogP contribution is -2.22. The van der Waals surface area contributed by atoms with E-state index in [1.165, 1.54) is 6.07 Å². The van der Waals surface area contributed by atoms with Crippen molar-refractivity contribution in [2.75, 3.05) is 17.7 Å². The number of nitrogens with zero attached hydrogens (tertiary/aromatic N) is 1. The summed E-state index contributed by atoms with van der Waals surface area (Å²) in [5, 5.41) is 5.24. The molecule has 106 valence electrons. The molecule has 0 aromatic heterocycles. The molecule has 20 heavy (non-hydrogen) atoms. The Balaban J connectivity index is 2.36. The fourth-order valence-electron chi connectivity index (χ4n) is 2.03. The molecule has 0 bridgehead atoms. The number of hydrogen-bond donors (Lipinski definition) is 2. The highest BCUT2D eigenvalue weighted by atomic mass is 32.2. The minimum atomic E-state index is -3.75. The second-order valence-corrected chi connectivity index (χ2v) is 6.10. The third-order valence-corrected chi connectivity index (χ3v) is 4.00. The molecule has 0 radical (unpaired) electrons. The predicted molar refractivity (Wildman–Crippen MR) is 80.8 cm³/mol. The van der Waals surface area contributed by atoms with Crippen molar-refractivity contribution in [3.05, 3.63) is 54.1 Å². The summed E-state index contributed by atoms with van der Waals surface area (Å²) in [5.74, 6) is 0. The average molecular weight is 291 g/mol. The lowest BCUT2D eigenvalue weighted by Gasteiger charge is -2.22. The van der Waals surface area contributed by atoms with E-state index in [0.29, 0.717) is 17.9 Å². The number of sulfonamides is 1. The maximum atomic E-state index is 11.6. The van der Waals surface area contributed by atoms with E-state index in [0.717, 1.165) is 5.56 Å². The monoisotopic (exact) mass is 291 g/mol. The minimum Gasteiger partial charge on any atom is -0.398 e. The predicted octanol–water partition coefficient (Wildman–Crippen LogP) is 1.55. The van der Waals surface area contributed by atoms with Crippen LogP contribution < -0.4 is 15.8 Å². The van der Waals surface area contributed by atoms with Gasteiger partial charge in [-0.1, -0.05) is 30.3 Å². The van der Waals surface area contributed by atoms with Crippen LogP contribution in [0.15, 0.2) is 53.4 Å². The molecule has 0 saturated carbocycles. The SMILES string of the molecule is CN(Cc1ccccc1N)c1ccccc1S(N)(=O)=O. The van der Waals surface area contributed by atoms with Gasteiger partial charge in [0.15, 0.2) is 0 Å². The topological polar surface area (TPSA) is 89.4 Å². The van der Waals surface area contributed by atoms with Crippen LogP contribution in [-0.4, -0.2) is 15.5 Å². The van der Waals surface area contributed by atoms with E-state index in [4.69, 9.17) is 10.9 Å². The summed E-state index contributed by atoms with van der Waals surface area (Å²) in [5.41, 5.74) is 8.06. The molecule has 2 aromatic carbocycles. The fourth-order valence-corrected chi connectivity index (χ4v) is 2.82. The molecule has 0 unspecified atom stereocenters. The largest absolute Gasteiger partial charge is 0.398 e. The second-order valence-electron chi connectivity index (χ2n) is 4.57. The van der Waals surface area contributed by atoms with Crippen LogP contribution in [0.25, 0.3) is 0 Å². The Morgan fingerprint density at radius 2 is 1.65 bits per heavy atom. The van der Waals surface area contributed by atoms with Crippen LogP contribution in [0.5, 0.6) is 0 Å². The molecular weight excluding hydrogens is 274 g/mol. The van der Waals surface area contributed by atoms with Crippen molar-refractivity contribution < 1.29 is 8.42 Å². The summed E-state index contributed by atoms with van der Waals surface area (Å²) >= 11 is 0. The van der Waals surface area contributed by atoms with E-state index in [1.807, 2.05) is 29.2 Å². The number of nitrogen functional groups attached to an aromatic ring is 1. The van der Waals surface area contributed by atoms with Crippen LogP contribution in [0.3, 0.4) is 0 Å². The number of anilines is 2. The van der Waals surface area contributed by atoms with E-state index < -0.39 is 10.0 Å². The van der Waals surface area contributed by atoms with Gasteiger partial charge in [-0.05, 0) is 23.8 Å². The highest BCUT2D eigenvalue weighted by Crippen LogP contribution is 2.25. The smallest absolute Gasteiger partial charge is 0.240 e. The van der Waals surface area contributed by atoms with Gasteiger partial charge in [0.05, 0.1) is 5.69 Å². The Morgan fingerprint density at radius 3 is 2.30 bits per heavy atom. The van der Waals surface area contributed by atoms with Crippen molar-refractivity contribution in [1.82, 2.24) is 0 Å². The Hall–Kier alpha value is -2.05. The molecule has 0 amide bonds. The lowest BCUT2D eigenvalue weighted by molar-refractivity contribution is 0.597. The Kier molecular flexibility index (Phi) is 3.96. The number of nitrogens with two attached hydrogens (primary N) is 2. The maximum Gasteiger partial charge on any atom is 0.240 e. The summed E-state index contributed by atoms with van der Waals surface area (Å²) in [6, 6.07) is 14.1. The summed E-state index contributed by atoms with van der Waals surface area (Å²) < 4.78 is 23.2. The molecule has 0 heterocycles. The minimum absolute atomic E-state index is 0.108. The number of benzene rings is 2. The van der Waals surface area contributed by atoms with Crippen LogP contribution in [0.2, 0.25) is 0 Å². The first-order valence-electron chi connectivity index (χ1n) is 6.06. The number of rotatable bonds is 4. The zero-order chi connectivity index (χ0) is 14.8. The molecule has 0 saturated heterocycles. The van der Waals surface area contributed by atoms with E-state index in [-0.39, 0.29) is 4.90 Å². The molecule has 4 N–H and O–H groups in total. The Morgan fingerprint density at radius 1 is 1.05 bits per heavy atom. The molecule has 0 fully saturated rings. The van der Waals surface area contributed by atoms with E-state index >= 15 is 0 Å². The van der Waals surface area contributed by atoms with Gasteiger partial charge in [-0.3, -0.25) is 0 Å². The van der Waals surface area contributed by atoms with Gasteiger partial charge < -0.3 is 10.6 Å². The molecule has 5 nitrogen and oxygen atoms in total.